The van der Waals surface area contributed by atoms with E-state index in [1.165, 1.54) is 18.5 Å². The van der Waals surface area contributed by atoms with Crippen LogP contribution in [0.4, 0.5) is 10.2 Å². The molecule has 20 heavy (non-hydrogen) atoms. The SMILES string of the molecule is CCNc1ncnc(-c2cc3cc(F)ccc3o2)c1C. The summed E-state index contributed by atoms with van der Waals surface area (Å²) in [5, 5.41) is 3.90. The Morgan fingerprint density at radius 1 is 1.25 bits per heavy atom. The molecule has 3 rings (SSSR count). The van der Waals surface area contributed by atoms with Gasteiger partial charge < -0.3 is 9.73 Å². The third-order valence-corrected chi connectivity index (χ3v) is 3.14. The predicted molar refractivity (Wildman–Crippen MR) is 76.1 cm³/mol. The summed E-state index contributed by atoms with van der Waals surface area (Å²) in [6, 6.07) is 6.25. The van der Waals surface area contributed by atoms with Crippen molar-refractivity contribution in [2.45, 2.75) is 13.8 Å². The predicted octanol–water partition coefficient (Wildman–Crippen LogP) is 3.77. The number of hydrogen-bond donors (Lipinski definition) is 1. The van der Waals surface area contributed by atoms with Gasteiger partial charge in [-0.15, -0.1) is 0 Å². The molecule has 0 amide bonds. The molecule has 0 saturated heterocycles. The summed E-state index contributed by atoms with van der Waals surface area (Å²) in [5.41, 5.74) is 2.27. The number of halogens is 1. The van der Waals surface area contributed by atoms with Gasteiger partial charge in [-0.3, -0.25) is 0 Å². The fourth-order valence-electron chi connectivity index (χ4n) is 2.18. The van der Waals surface area contributed by atoms with Gasteiger partial charge in [0.05, 0.1) is 0 Å². The van der Waals surface area contributed by atoms with E-state index in [2.05, 4.69) is 15.3 Å². The number of anilines is 1. The molecule has 0 saturated carbocycles. The third-order valence-electron chi connectivity index (χ3n) is 3.14. The van der Waals surface area contributed by atoms with Crippen LogP contribution in [0.15, 0.2) is 35.0 Å². The molecule has 5 heteroatoms. The maximum absolute atomic E-state index is 13.2. The fraction of sp³-hybridized carbons (Fsp3) is 0.200. The first-order valence-electron chi connectivity index (χ1n) is 6.44. The van der Waals surface area contributed by atoms with Gasteiger partial charge in [0.2, 0.25) is 0 Å². The zero-order chi connectivity index (χ0) is 14.1. The summed E-state index contributed by atoms with van der Waals surface area (Å²) >= 11 is 0. The van der Waals surface area contributed by atoms with Gasteiger partial charge in [-0.2, -0.15) is 0 Å². The summed E-state index contributed by atoms with van der Waals surface area (Å²) in [7, 11) is 0. The van der Waals surface area contributed by atoms with Crippen LogP contribution in [0.25, 0.3) is 22.4 Å². The van der Waals surface area contributed by atoms with Gasteiger partial charge in [0.15, 0.2) is 5.76 Å². The van der Waals surface area contributed by atoms with Crippen molar-refractivity contribution >= 4 is 16.8 Å². The summed E-state index contributed by atoms with van der Waals surface area (Å²) in [4.78, 5) is 8.47. The first-order valence-corrected chi connectivity index (χ1v) is 6.44. The number of aromatic nitrogens is 2. The van der Waals surface area contributed by atoms with Crippen molar-refractivity contribution in [2.75, 3.05) is 11.9 Å². The highest BCUT2D eigenvalue weighted by Gasteiger charge is 2.13. The van der Waals surface area contributed by atoms with Gasteiger partial charge in [0.25, 0.3) is 0 Å². The molecule has 0 atom stereocenters. The highest BCUT2D eigenvalue weighted by molar-refractivity contribution is 5.83. The molecule has 2 aromatic heterocycles. The van der Waals surface area contributed by atoms with Crippen molar-refractivity contribution in [3.05, 3.63) is 42.0 Å². The molecule has 0 unspecified atom stereocenters. The van der Waals surface area contributed by atoms with E-state index in [4.69, 9.17) is 4.42 Å². The zero-order valence-corrected chi connectivity index (χ0v) is 11.3. The maximum Gasteiger partial charge on any atom is 0.154 e. The topological polar surface area (TPSA) is 51.0 Å². The molecule has 2 heterocycles. The Morgan fingerprint density at radius 2 is 2.10 bits per heavy atom. The minimum Gasteiger partial charge on any atom is -0.454 e. The van der Waals surface area contributed by atoms with Crippen LogP contribution in [0.1, 0.15) is 12.5 Å². The maximum atomic E-state index is 13.2. The summed E-state index contributed by atoms with van der Waals surface area (Å²) in [6.45, 7) is 4.72. The highest BCUT2D eigenvalue weighted by atomic mass is 19.1. The number of furan rings is 1. The summed E-state index contributed by atoms with van der Waals surface area (Å²) < 4.78 is 19.0. The largest absolute Gasteiger partial charge is 0.454 e. The first-order chi connectivity index (χ1) is 9.69. The van der Waals surface area contributed by atoms with E-state index < -0.39 is 0 Å². The number of nitrogens with one attached hydrogen (secondary N) is 1. The number of nitrogens with zero attached hydrogens (tertiary/aromatic N) is 2. The molecule has 0 fully saturated rings. The fourth-order valence-corrected chi connectivity index (χ4v) is 2.18. The number of fused-ring (bicyclic) bond motifs is 1. The Kier molecular flexibility index (Phi) is 3.10. The summed E-state index contributed by atoms with van der Waals surface area (Å²) in [5.74, 6) is 1.12. The zero-order valence-electron chi connectivity index (χ0n) is 11.3. The molecule has 0 radical (unpaired) electrons. The van der Waals surface area contributed by atoms with Crippen LogP contribution in [-0.2, 0) is 0 Å². The van der Waals surface area contributed by atoms with E-state index in [1.54, 1.807) is 12.1 Å². The van der Waals surface area contributed by atoms with E-state index in [9.17, 15) is 4.39 Å². The Hall–Kier alpha value is -2.43. The van der Waals surface area contributed by atoms with E-state index in [1.807, 2.05) is 13.8 Å². The Labute approximate surface area is 115 Å². The minimum absolute atomic E-state index is 0.280. The van der Waals surface area contributed by atoms with Gasteiger partial charge in [0.1, 0.15) is 29.2 Å². The van der Waals surface area contributed by atoms with Crippen LogP contribution in [-0.4, -0.2) is 16.5 Å². The molecule has 1 aromatic carbocycles. The third kappa shape index (κ3) is 2.11. The number of hydrogen-bond acceptors (Lipinski definition) is 4. The van der Waals surface area contributed by atoms with Crippen LogP contribution in [0.2, 0.25) is 0 Å². The summed E-state index contributed by atoms with van der Waals surface area (Å²) in [6.07, 6.45) is 1.49. The van der Waals surface area contributed by atoms with Crippen LogP contribution in [0.5, 0.6) is 0 Å². The van der Waals surface area contributed by atoms with Crippen LogP contribution in [0.3, 0.4) is 0 Å². The standard InChI is InChI=1S/C15H14FN3O/c1-3-17-15-9(2)14(18-8-19-15)13-7-10-6-11(16)4-5-12(10)20-13/h4-8H,3H2,1-2H3,(H,17,18,19). The van der Waals surface area contributed by atoms with Gasteiger partial charge in [-0.1, -0.05) is 0 Å². The van der Waals surface area contributed by atoms with Gasteiger partial charge >= 0.3 is 0 Å². The second kappa shape index (κ2) is 4.92. The number of benzene rings is 1. The molecule has 3 aromatic rings. The monoisotopic (exact) mass is 271 g/mol. The molecular formula is C15H14FN3O. The molecule has 0 aliphatic rings. The second-order valence-corrected chi connectivity index (χ2v) is 4.52. The molecule has 1 N–H and O–H groups in total. The first kappa shape index (κ1) is 12.6. The van der Waals surface area contributed by atoms with Crippen LogP contribution in [0, 0.1) is 12.7 Å². The van der Waals surface area contributed by atoms with Gasteiger partial charge in [-0.05, 0) is 38.1 Å². The smallest absolute Gasteiger partial charge is 0.154 e. The van der Waals surface area contributed by atoms with Crippen molar-refractivity contribution in [1.29, 1.82) is 0 Å². The average Bonchev–Trinajstić information content (AvgIpc) is 2.84. The second-order valence-electron chi connectivity index (χ2n) is 4.52. The van der Waals surface area contributed by atoms with Crippen molar-refractivity contribution in [3.8, 4) is 11.5 Å². The molecule has 102 valence electrons. The van der Waals surface area contributed by atoms with Gasteiger partial charge in [-0.25, -0.2) is 14.4 Å². The lowest BCUT2D eigenvalue weighted by atomic mass is 10.1. The average molecular weight is 271 g/mol. The Balaban J connectivity index is 2.13. The lowest BCUT2D eigenvalue weighted by molar-refractivity contribution is 0.617. The molecular weight excluding hydrogens is 257 g/mol. The van der Waals surface area contributed by atoms with E-state index >= 15 is 0 Å². The molecule has 0 aliphatic carbocycles. The molecule has 4 nitrogen and oxygen atoms in total. The lowest BCUT2D eigenvalue weighted by Gasteiger charge is -2.08. The normalized spacial score (nSPS) is 10.9. The van der Waals surface area contributed by atoms with E-state index in [-0.39, 0.29) is 5.82 Å². The molecule has 0 bridgehead atoms. The lowest BCUT2D eigenvalue weighted by Crippen LogP contribution is -2.03. The molecule has 0 spiro atoms. The minimum atomic E-state index is -0.280. The van der Waals surface area contributed by atoms with Crippen LogP contribution >= 0.6 is 0 Å². The van der Waals surface area contributed by atoms with Crippen molar-refractivity contribution in [3.63, 3.8) is 0 Å². The van der Waals surface area contributed by atoms with E-state index in [0.29, 0.717) is 17.0 Å². The Bertz CT molecular complexity index is 767. The van der Waals surface area contributed by atoms with Crippen LogP contribution < -0.4 is 5.32 Å². The van der Waals surface area contributed by atoms with Crippen molar-refractivity contribution in [1.82, 2.24) is 9.97 Å². The van der Waals surface area contributed by atoms with Gasteiger partial charge in [0, 0.05) is 17.5 Å². The highest BCUT2D eigenvalue weighted by Crippen LogP contribution is 2.30. The Morgan fingerprint density at radius 3 is 2.90 bits per heavy atom. The van der Waals surface area contributed by atoms with Crippen molar-refractivity contribution in [2.24, 2.45) is 0 Å². The van der Waals surface area contributed by atoms with E-state index in [0.717, 1.165) is 23.3 Å². The van der Waals surface area contributed by atoms with Crippen molar-refractivity contribution < 1.29 is 8.81 Å². The molecule has 0 aliphatic heterocycles. The quantitative estimate of drug-likeness (QED) is 0.787. The number of rotatable bonds is 3.